The number of rotatable bonds is 1. The molecule has 0 spiro atoms. The lowest BCUT2D eigenvalue weighted by molar-refractivity contribution is -0.142. The molecular weight excluding hydrogens is 196 g/mol. The zero-order valence-corrected chi connectivity index (χ0v) is 8.10. The average Bonchev–Trinajstić information content (AvgIpc) is 2.69. The van der Waals surface area contributed by atoms with Crippen molar-refractivity contribution < 1.29 is 9.53 Å². The number of methoxy groups -OCH3 is 1. The van der Waals surface area contributed by atoms with Crippen LogP contribution >= 0.6 is 0 Å². The standard InChI is InChI=1S/C9H10N4O2/c1-15-8(14)5-2-3-6-7(4-5)12-9(11-6)13-10/h2-5H,10H2,1H3,(H,12,13). The number of hydrogen-bond acceptors (Lipinski definition) is 6. The zero-order chi connectivity index (χ0) is 10.8. The number of allylic oxidation sites excluding steroid dienone is 1. The fraction of sp³-hybridized carbons (Fsp3) is 0.222. The number of carbonyl (C=O) groups is 1. The van der Waals surface area contributed by atoms with Crippen LogP contribution in [0.3, 0.4) is 0 Å². The summed E-state index contributed by atoms with van der Waals surface area (Å²) in [6, 6.07) is 0. The fourth-order valence-corrected chi connectivity index (χ4v) is 1.38. The van der Waals surface area contributed by atoms with Gasteiger partial charge in [0, 0.05) is 0 Å². The highest BCUT2D eigenvalue weighted by molar-refractivity contribution is 6.18. The predicted octanol–water partition coefficient (Wildman–Crippen LogP) is -0.497. The van der Waals surface area contributed by atoms with Crippen LogP contribution in [-0.2, 0) is 9.53 Å². The normalized spacial score (nSPS) is 22.5. The van der Waals surface area contributed by atoms with E-state index in [9.17, 15) is 4.79 Å². The molecule has 78 valence electrons. The second kappa shape index (κ2) is 3.66. The molecule has 15 heavy (non-hydrogen) atoms. The van der Waals surface area contributed by atoms with E-state index in [0.717, 1.165) is 0 Å². The van der Waals surface area contributed by atoms with Gasteiger partial charge in [0.15, 0.2) is 0 Å². The molecule has 0 amide bonds. The van der Waals surface area contributed by atoms with E-state index in [1.54, 1.807) is 18.2 Å². The summed E-state index contributed by atoms with van der Waals surface area (Å²) in [5, 5.41) is 0. The maximum absolute atomic E-state index is 11.3. The first-order valence-corrected chi connectivity index (χ1v) is 4.37. The van der Waals surface area contributed by atoms with Gasteiger partial charge in [-0.25, -0.2) is 15.8 Å². The summed E-state index contributed by atoms with van der Waals surface area (Å²) in [6.45, 7) is 0. The van der Waals surface area contributed by atoms with Gasteiger partial charge in [0.25, 0.3) is 0 Å². The van der Waals surface area contributed by atoms with Gasteiger partial charge >= 0.3 is 5.97 Å². The van der Waals surface area contributed by atoms with E-state index in [1.165, 1.54) is 7.11 Å². The quantitative estimate of drug-likeness (QED) is 0.344. The largest absolute Gasteiger partial charge is 0.468 e. The van der Waals surface area contributed by atoms with Crippen LogP contribution in [0.25, 0.3) is 0 Å². The molecule has 1 heterocycles. The summed E-state index contributed by atoms with van der Waals surface area (Å²) in [4.78, 5) is 19.4. The Bertz CT molecular complexity index is 420. The third-order valence-electron chi connectivity index (χ3n) is 2.12. The summed E-state index contributed by atoms with van der Waals surface area (Å²) in [5.74, 6) is 4.80. The second-order valence-electron chi connectivity index (χ2n) is 3.04. The Labute approximate surface area is 86.2 Å². The number of guanidine groups is 1. The Hall–Kier alpha value is -1.95. The molecule has 0 saturated heterocycles. The van der Waals surface area contributed by atoms with E-state index >= 15 is 0 Å². The predicted molar refractivity (Wildman–Crippen MR) is 54.9 cm³/mol. The van der Waals surface area contributed by atoms with Gasteiger partial charge in [-0.1, -0.05) is 6.08 Å². The molecule has 0 aromatic heterocycles. The molecule has 3 N–H and O–H groups in total. The van der Waals surface area contributed by atoms with E-state index in [0.29, 0.717) is 17.4 Å². The summed E-state index contributed by atoms with van der Waals surface area (Å²) in [6.07, 6.45) is 5.13. The van der Waals surface area contributed by atoms with Crippen molar-refractivity contribution in [3.8, 4) is 0 Å². The Balaban J connectivity index is 2.25. The summed E-state index contributed by atoms with van der Waals surface area (Å²) < 4.78 is 4.63. The molecule has 0 aromatic rings. The lowest BCUT2D eigenvalue weighted by Crippen LogP contribution is -2.27. The third kappa shape index (κ3) is 1.66. The smallest absolute Gasteiger partial charge is 0.316 e. The molecule has 2 rings (SSSR count). The lowest BCUT2D eigenvalue weighted by Gasteiger charge is -2.09. The first-order valence-electron chi connectivity index (χ1n) is 4.37. The Morgan fingerprint density at radius 2 is 2.40 bits per heavy atom. The van der Waals surface area contributed by atoms with E-state index in [4.69, 9.17) is 5.84 Å². The Morgan fingerprint density at radius 3 is 3.07 bits per heavy atom. The Kier molecular flexibility index (Phi) is 2.34. The van der Waals surface area contributed by atoms with E-state index in [-0.39, 0.29) is 5.97 Å². The van der Waals surface area contributed by atoms with Gasteiger partial charge in [0.2, 0.25) is 5.96 Å². The molecule has 0 bridgehead atoms. The number of carbonyl (C=O) groups excluding carboxylic acids is 1. The van der Waals surface area contributed by atoms with Gasteiger partial charge in [-0.15, -0.1) is 0 Å². The number of esters is 1. The molecule has 6 heteroatoms. The first kappa shape index (κ1) is 9.60. The molecule has 0 aromatic carbocycles. The van der Waals surface area contributed by atoms with Gasteiger partial charge in [0.1, 0.15) is 0 Å². The minimum Gasteiger partial charge on any atom is -0.468 e. The van der Waals surface area contributed by atoms with E-state index in [2.05, 4.69) is 20.1 Å². The minimum atomic E-state index is -0.398. The number of ether oxygens (including phenoxy) is 1. The van der Waals surface area contributed by atoms with Crippen molar-refractivity contribution in [1.82, 2.24) is 5.43 Å². The molecule has 6 nitrogen and oxygen atoms in total. The van der Waals surface area contributed by atoms with Crippen LogP contribution in [0.2, 0.25) is 0 Å². The van der Waals surface area contributed by atoms with Crippen molar-refractivity contribution in [2.45, 2.75) is 0 Å². The summed E-state index contributed by atoms with van der Waals surface area (Å²) in [7, 11) is 1.35. The highest BCUT2D eigenvalue weighted by atomic mass is 16.5. The maximum atomic E-state index is 11.3. The molecule has 0 saturated carbocycles. The van der Waals surface area contributed by atoms with Crippen LogP contribution in [0.1, 0.15) is 0 Å². The summed E-state index contributed by atoms with van der Waals surface area (Å²) >= 11 is 0. The highest BCUT2D eigenvalue weighted by Gasteiger charge is 2.23. The third-order valence-corrected chi connectivity index (χ3v) is 2.12. The molecule has 0 radical (unpaired) electrons. The van der Waals surface area contributed by atoms with Crippen LogP contribution in [0.5, 0.6) is 0 Å². The van der Waals surface area contributed by atoms with Crippen molar-refractivity contribution in [2.75, 3.05) is 7.11 Å². The van der Waals surface area contributed by atoms with Crippen LogP contribution < -0.4 is 11.3 Å². The van der Waals surface area contributed by atoms with Gasteiger partial charge < -0.3 is 4.74 Å². The molecule has 2 aliphatic rings. The van der Waals surface area contributed by atoms with E-state index in [1.807, 2.05) is 0 Å². The number of hydrazine groups is 1. The number of hydrogen-bond donors (Lipinski definition) is 2. The fourth-order valence-electron chi connectivity index (χ4n) is 1.38. The van der Waals surface area contributed by atoms with Gasteiger partial charge in [-0.3, -0.25) is 10.2 Å². The van der Waals surface area contributed by atoms with Crippen molar-refractivity contribution >= 4 is 17.6 Å². The maximum Gasteiger partial charge on any atom is 0.316 e. The van der Waals surface area contributed by atoms with Crippen molar-refractivity contribution in [3.63, 3.8) is 0 Å². The summed E-state index contributed by atoms with van der Waals surface area (Å²) in [5.41, 5.74) is 3.69. The van der Waals surface area contributed by atoms with Crippen LogP contribution in [0.4, 0.5) is 0 Å². The number of nitrogens with zero attached hydrogens (tertiary/aromatic N) is 2. The monoisotopic (exact) mass is 206 g/mol. The number of aliphatic imine (C=N–C) groups is 2. The average molecular weight is 206 g/mol. The van der Waals surface area contributed by atoms with E-state index < -0.39 is 5.92 Å². The number of nitrogens with two attached hydrogens (primary N) is 1. The first-order chi connectivity index (χ1) is 7.24. The molecule has 1 unspecified atom stereocenters. The van der Waals surface area contributed by atoms with Crippen molar-refractivity contribution in [1.29, 1.82) is 0 Å². The van der Waals surface area contributed by atoms with Gasteiger partial charge in [-0.05, 0) is 12.2 Å². The number of fused-ring (bicyclic) bond motifs is 1. The zero-order valence-electron chi connectivity index (χ0n) is 8.10. The van der Waals surface area contributed by atoms with Crippen LogP contribution in [0.15, 0.2) is 33.9 Å². The molecular formula is C9H10N4O2. The number of nitrogens with one attached hydrogen (secondary N) is 1. The molecule has 1 aliphatic heterocycles. The van der Waals surface area contributed by atoms with Crippen molar-refractivity contribution in [3.05, 3.63) is 23.9 Å². The SMILES string of the molecule is COC(=O)C1C=CC2=NC(NN)=NC2=C1. The molecule has 1 atom stereocenters. The van der Waals surface area contributed by atoms with Gasteiger partial charge in [-0.2, -0.15) is 0 Å². The second-order valence-corrected chi connectivity index (χ2v) is 3.04. The lowest BCUT2D eigenvalue weighted by atomic mass is 10.0. The molecule has 0 fully saturated rings. The highest BCUT2D eigenvalue weighted by Crippen LogP contribution is 2.20. The van der Waals surface area contributed by atoms with Gasteiger partial charge in [0.05, 0.1) is 24.4 Å². The van der Waals surface area contributed by atoms with Crippen LogP contribution in [0, 0.1) is 5.92 Å². The molecule has 1 aliphatic carbocycles. The van der Waals surface area contributed by atoms with Crippen LogP contribution in [-0.4, -0.2) is 24.8 Å². The minimum absolute atomic E-state index is 0.317. The van der Waals surface area contributed by atoms with Crippen molar-refractivity contribution in [2.24, 2.45) is 21.7 Å². The Morgan fingerprint density at radius 1 is 1.60 bits per heavy atom. The topological polar surface area (TPSA) is 89.1 Å².